The van der Waals surface area contributed by atoms with Crippen molar-refractivity contribution in [1.82, 2.24) is 9.38 Å². The van der Waals surface area contributed by atoms with E-state index in [0.717, 1.165) is 5.65 Å². The fourth-order valence-electron chi connectivity index (χ4n) is 1.36. The molecule has 14 heavy (non-hydrogen) atoms. The van der Waals surface area contributed by atoms with Gasteiger partial charge in [0.25, 0.3) is 0 Å². The van der Waals surface area contributed by atoms with Gasteiger partial charge >= 0.3 is 0 Å². The maximum Gasteiger partial charge on any atom is 0.153 e. The zero-order chi connectivity index (χ0) is 10.2. The fraction of sp³-hybridized carbons (Fsp3) is 0.222. The molecule has 0 radical (unpaired) electrons. The minimum atomic E-state index is -3.00. The normalized spacial score (nSPS) is 12.1. The van der Waals surface area contributed by atoms with Gasteiger partial charge in [-0.3, -0.25) is 0 Å². The molecule has 0 N–H and O–H groups in total. The topological polar surface area (TPSA) is 51.4 Å². The second kappa shape index (κ2) is 3.09. The molecule has 0 spiro atoms. The summed E-state index contributed by atoms with van der Waals surface area (Å²) in [5.41, 5.74) is 1.47. The van der Waals surface area contributed by atoms with Crippen molar-refractivity contribution in [3.05, 3.63) is 36.3 Å². The fourth-order valence-corrected chi connectivity index (χ4v) is 2.11. The number of hydrogen-bond acceptors (Lipinski definition) is 3. The van der Waals surface area contributed by atoms with Crippen molar-refractivity contribution in [1.29, 1.82) is 0 Å². The Bertz CT molecular complexity index is 557. The highest BCUT2D eigenvalue weighted by molar-refractivity contribution is 7.89. The zero-order valence-electron chi connectivity index (χ0n) is 7.71. The van der Waals surface area contributed by atoms with Crippen molar-refractivity contribution >= 4 is 15.5 Å². The maximum absolute atomic E-state index is 11.1. The van der Waals surface area contributed by atoms with Gasteiger partial charge in [-0.25, -0.2) is 13.4 Å². The lowest BCUT2D eigenvalue weighted by atomic mass is 10.4. The highest BCUT2D eigenvalue weighted by Gasteiger charge is 2.08. The molecule has 2 rings (SSSR count). The average molecular weight is 210 g/mol. The van der Waals surface area contributed by atoms with Crippen LogP contribution in [0.2, 0.25) is 0 Å². The molecule has 2 heterocycles. The van der Waals surface area contributed by atoms with Crippen LogP contribution in [0.5, 0.6) is 0 Å². The third-order valence-electron chi connectivity index (χ3n) is 1.90. The lowest BCUT2D eigenvalue weighted by Crippen LogP contribution is -2.03. The van der Waals surface area contributed by atoms with Crippen LogP contribution < -0.4 is 0 Å². The predicted molar refractivity (Wildman–Crippen MR) is 53.7 cm³/mol. The number of aromatic nitrogens is 2. The zero-order valence-corrected chi connectivity index (χ0v) is 8.53. The second-order valence-electron chi connectivity index (χ2n) is 3.25. The van der Waals surface area contributed by atoms with E-state index in [4.69, 9.17) is 0 Å². The van der Waals surface area contributed by atoms with Gasteiger partial charge in [0.2, 0.25) is 0 Å². The molecule has 2 aromatic rings. The summed E-state index contributed by atoms with van der Waals surface area (Å²) in [4.78, 5) is 4.10. The molecular formula is C9H10N2O2S. The number of rotatable bonds is 2. The SMILES string of the molecule is CS(=O)(=O)Cc1cnc2ccccn12. The van der Waals surface area contributed by atoms with Crippen LogP contribution in [-0.4, -0.2) is 24.1 Å². The first kappa shape index (κ1) is 9.21. The van der Waals surface area contributed by atoms with Crippen LogP contribution in [0, 0.1) is 0 Å². The van der Waals surface area contributed by atoms with Crippen molar-refractivity contribution in [3.63, 3.8) is 0 Å². The van der Waals surface area contributed by atoms with Crippen LogP contribution in [0.1, 0.15) is 5.69 Å². The molecule has 0 aliphatic carbocycles. The van der Waals surface area contributed by atoms with E-state index in [0.29, 0.717) is 5.69 Å². The van der Waals surface area contributed by atoms with Gasteiger partial charge < -0.3 is 4.40 Å². The number of sulfone groups is 1. The number of hydrogen-bond donors (Lipinski definition) is 0. The molecule has 74 valence electrons. The minimum absolute atomic E-state index is 0.0260. The van der Waals surface area contributed by atoms with Gasteiger partial charge in [0.05, 0.1) is 17.6 Å². The molecule has 5 heteroatoms. The number of imidazole rings is 1. The molecule has 0 saturated carbocycles. The Balaban J connectivity index is 2.54. The average Bonchev–Trinajstić information content (AvgIpc) is 2.47. The molecule has 0 atom stereocenters. The van der Waals surface area contributed by atoms with Crippen molar-refractivity contribution in [2.45, 2.75) is 5.75 Å². The molecule has 0 aliphatic rings. The van der Waals surface area contributed by atoms with E-state index in [-0.39, 0.29) is 5.75 Å². The lowest BCUT2D eigenvalue weighted by molar-refractivity contribution is 0.600. The van der Waals surface area contributed by atoms with Crippen LogP contribution in [0.15, 0.2) is 30.6 Å². The van der Waals surface area contributed by atoms with Crippen molar-refractivity contribution in [2.75, 3.05) is 6.26 Å². The molecule has 0 saturated heterocycles. The third kappa shape index (κ3) is 1.77. The van der Waals surface area contributed by atoms with Crippen molar-refractivity contribution < 1.29 is 8.42 Å². The molecule has 0 amide bonds. The van der Waals surface area contributed by atoms with E-state index >= 15 is 0 Å². The van der Waals surface area contributed by atoms with Crippen LogP contribution in [0.3, 0.4) is 0 Å². The summed E-state index contributed by atoms with van der Waals surface area (Å²) in [5, 5.41) is 0. The Morgan fingerprint density at radius 2 is 2.21 bits per heavy atom. The highest BCUT2D eigenvalue weighted by atomic mass is 32.2. The minimum Gasteiger partial charge on any atom is -0.303 e. The smallest absolute Gasteiger partial charge is 0.153 e. The van der Waals surface area contributed by atoms with Crippen LogP contribution >= 0.6 is 0 Å². The van der Waals surface area contributed by atoms with Gasteiger partial charge in [-0.05, 0) is 12.1 Å². The summed E-state index contributed by atoms with van der Waals surface area (Å²) >= 11 is 0. The van der Waals surface area contributed by atoms with E-state index in [9.17, 15) is 8.42 Å². The molecule has 0 aliphatic heterocycles. The van der Waals surface area contributed by atoms with Crippen molar-refractivity contribution in [3.8, 4) is 0 Å². The van der Waals surface area contributed by atoms with E-state index in [2.05, 4.69) is 4.98 Å². The molecule has 0 bridgehead atoms. The van der Waals surface area contributed by atoms with Gasteiger partial charge in [0, 0.05) is 12.5 Å². The standard InChI is InChI=1S/C9H10N2O2S/c1-14(12,13)7-8-6-10-9-4-2-3-5-11(8)9/h2-6H,7H2,1H3. The van der Waals surface area contributed by atoms with Crippen LogP contribution in [0.25, 0.3) is 5.65 Å². The largest absolute Gasteiger partial charge is 0.303 e. The van der Waals surface area contributed by atoms with Crippen LogP contribution in [-0.2, 0) is 15.6 Å². The second-order valence-corrected chi connectivity index (χ2v) is 5.39. The maximum atomic E-state index is 11.1. The Kier molecular flexibility index (Phi) is 2.03. The van der Waals surface area contributed by atoms with Gasteiger partial charge in [0.1, 0.15) is 5.65 Å². The molecule has 2 aromatic heterocycles. The Labute approximate surface area is 82.1 Å². The molecule has 4 nitrogen and oxygen atoms in total. The Morgan fingerprint density at radius 3 is 2.93 bits per heavy atom. The predicted octanol–water partition coefficient (Wildman–Crippen LogP) is 0.879. The quantitative estimate of drug-likeness (QED) is 0.739. The van der Waals surface area contributed by atoms with E-state index in [1.54, 1.807) is 10.6 Å². The Hall–Kier alpha value is -1.36. The first-order valence-corrected chi connectivity index (χ1v) is 6.21. The summed E-state index contributed by atoms with van der Waals surface area (Å²) in [7, 11) is -3.00. The first-order chi connectivity index (χ1) is 6.56. The van der Waals surface area contributed by atoms with E-state index in [1.807, 2.05) is 24.4 Å². The summed E-state index contributed by atoms with van der Waals surface area (Å²) < 4.78 is 24.0. The van der Waals surface area contributed by atoms with E-state index < -0.39 is 9.84 Å². The lowest BCUT2D eigenvalue weighted by Gasteiger charge is -1.98. The summed E-state index contributed by atoms with van der Waals surface area (Å²) in [5.74, 6) is 0.0260. The molecule has 0 aromatic carbocycles. The number of fused-ring (bicyclic) bond motifs is 1. The van der Waals surface area contributed by atoms with Gasteiger partial charge in [-0.15, -0.1) is 0 Å². The van der Waals surface area contributed by atoms with Crippen LogP contribution in [0.4, 0.5) is 0 Å². The summed E-state index contributed by atoms with van der Waals surface area (Å²) in [6, 6.07) is 5.55. The molecular weight excluding hydrogens is 200 g/mol. The van der Waals surface area contributed by atoms with Crippen molar-refractivity contribution in [2.24, 2.45) is 0 Å². The van der Waals surface area contributed by atoms with Gasteiger partial charge in [-0.1, -0.05) is 6.07 Å². The monoisotopic (exact) mass is 210 g/mol. The first-order valence-electron chi connectivity index (χ1n) is 4.15. The summed E-state index contributed by atoms with van der Waals surface area (Å²) in [6.45, 7) is 0. The van der Waals surface area contributed by atoms with E-state index in [1.165, 1.54) is 6.26 Å². The Morgan fingerprint density at radius 1 is 1.43 bits per heavy atom. The third-order valence-corrected chi connectivity index (χ3v) is 2.72. The van der Waals surface area contributed by atoms with Gasteiger partial charge in [0.15, 0.2) is 9.84 Å². The van der Waals surface area contributed by atoms with Gasteiger partial charge in [-0.2, -0.15) is 0 Å². The molecule has 0 unspecified atom stereocenters. The summed E-state index contributed by atoms with van der Waals surface area (Å²) in [6.07, 6.45) is 4.62. The molecule has 0 fully saturated rings. The highest BCUT2D eigenvalue weighted by Crippen LogP contribution is 2.08. The number of pyridine rings is 1. The number of nitrogens with zero attached hydrogens (tertiary/aromatic N) is 2.